The lowest BCUT2D eigenvalue weighted by Crippen LogP contribution is -2.28. The van der Waals surface area contributed by atoms with Crippen LogP contribution in [0.15, 0.2) is 29.6 Å². The van der Waals surface area contributed by atoms with Crippen LogP contribution in [-0.4, -0.2) is 33.4 Å². The molecule has 4 nitrogen and oxygen atoms in total. The number of hydrogen-bond donors (Lipinski definition) is 1. The summed E-state index contributed by atoms with van der Waals surface area (Å²) in [5.74, 6) is 1.97. The Balaban J connectivity index is 1.68. The minimum Gasteiger partial charge on any atom is -0.317 e. The Morgan fingerprint density at radius 3 is 3.06 bits per heavy atom. The standard InChI is InChI=1S/C12H16N4S/c1-2-8-16-11(3-1)14-15-12(16)17-9-10-4-6-13-7-5-10/h1-3,8,10,13H,4-7,9H2. The molecule has 0 unspecified atom stereocenters. The topological polar surface area (TPSA) is 42.2 Å². The van der Waals surface area contributed by atoms with Gasteiger partial charge in [-0.05, 0) is 44.0 Å². The van der Waals surface area contributed by atoms with Gasteiger partial charge in [0.25, 0.3) is 0 Å². The number of fused-ring (bicyclic) bond motifs is 1. The molecule has 90 valence electrons. The van der Waals surface area contributed by atoms with Crippen LogP contribution in [0.5, 0.6) is 0 Å². The summed E-state index contributed by atoms with van der Waals surface area (Å²) < 4.78 is 2.06. The Bertz CT molecular complexity index is 490. The maximum absolute atomic E-state index is 4.24. The molecule has 1 aliphatic heterocycles. The third-order valence-corrected chi connectivity index (χ3v) is 4.36. The Morgan fingerprint density at radius 2 is 2.18 bits per heavy atom. The highest BCUT2D eigenvalue weighted by Crippen LogP contribution is 2.23. The van der Waals surface area contributed by atoms with E-state index in [2.05, 4.69) is 19.9 Å². The van der Waals surface area contributed by atoms with Gasteiger partial charge in [-0.25, -0.2) is 0 Å². The van der Waals surface area contributed by atoms with Gasteiger partial charge in [-0.15, -0.1) is 10.2 Å². The van der Waals surface area contributed by atoms with Crippen molar-refractivity contribution in [2.45, 2.75) is 18.0 Å². The molecule has 0 aromatic carbocycles. The molecule has 17 heavy (non-hydrogen) atoms. The lowest BCUT2D eigenvalue weighted by Gasteiger charge is -2.21. The molecule has 0 bridgehead atoms. The lowest BCUT2D eigenvalue weighted by atomic mass is 10.0. The fourth-order valence-electron chi connectivity index (χ4n) is 2.16. The molecule has 1 N–H and O–H groups in total. The number of nitrogens with zero attached hydrogens (tertiary/aromatic N) is 3. The van der Waals surface area contributed by atoms with Crippen LogP contribution in [0.1, 0.15) is 12.8 Å². The van der Waals surface area contributed by atoms with Gasteiger partial charge in [0.1, 0.15) is 0 Å². The van der Waals surface area contributed by atoms with Crippen molar-refractivity contribution in [3.05, 3.63) is 24.4 Å². The molecule has 2 aromatic heterocycles. The molecule has 3 heterocycles. The van der Waals surface area contributed by atoms with E-state index in [1.165, 1.54) is 12.8 Å². The van der Waals surface area contributed by atoms with E-state index >= 15 is 0 Å². The molecule has 3 rings (SSSR count). The molecule has 2 aromatic rings. The molecular weight excluding hydrogens is 232 g/mol. The van der Waals surface area contributed by atoms with Crippen LogP contribution in [0.2, 0.25) is 0 Å². The summed E-state index contributed by atoms with van der Waals surface area (Å²) in [4.78, 5) is 0. The molecule has 0 aliphatic carbocycles. The number of hydrogen-bond acceptors (Lipinski definition) is 4. The second-order valence-electron chi connectivity index (χ2n) is 4.42. The number of thioether (sulfide) groups is 1. The minimum atomic E-state index is 0.817. The zero-order valence-corrected chi connectivity index (χ0v) is 10.5. The number of nitrogens with one attached hydrogen (secondary N) is 1. The lowest BCUT2D eigenvalue weighted by molar-refractivity contribution is 0.407. The Labute approximate surface area is 105 Å². The van der Waals surface area contributed by atoms with Gasteiger partial charge in [-0.1, -0.05) is 17.8 Å². The average molecular weight is 248 g/mol. The van der Waals surface area contributed by atoms with E-state index in [1.807, 2.05) is 36.2 Å². The van der Waals surface area contributed by atoms with E-state index in [4.69, 9.17) is 0 Å². The fourth-order valence-corrected chi connectivity index (χ4v) is 3.27. The van der Waals surface area contributed by atoms with Gasteiger partial charge in [-0.3, -0.25) is 4.40 Å². The average Bonchev–Trinajstić information content (AvgIpc) is 2.81. The first-order valence-corrected chi connectivity index (χ1v) is 7.05. The molecule has 0 spiro atoms. The van der Waals surface area contributed by atoms with Gasteiger partial charge in [0, 0.05) is 11.9 Å². The van der Waals surface area contributed by atoms with E-state index in [9.17, 15) is 0 Å². The number of rotatable bonds is 3. The number of aromatic nitrogens is 3. The summed E-state index contributed by atoms with van der Waals surface area (Å²) in [7, 11) is 0. The first-order valence-electron chi connectivity index (χ1n) is 6.07. The van der Waals surface area contributed by atoms with Crippen molar-refractivity contribution in [3.63, 3.8) is 0 Å². The van der Waals surface area contributed by atoms with E-state index in [1.54, 1.807) is 0 Å². The SMILES string of the molecule is c1ccn2c(SCC3CCNCC3)nnc2c1. The van der Waals surface area contributed by atoms with Crippen molar-refractivity contribution in [3.8, 4) is 0 Å². The monoisotopic (exact) mass is 248 g/mol. The highest BCUT2D eigenvalue weighted by molar-refractivity contribution is 7.99. The summed E-state index contributed by atoms with van der Waals surface area (Å²) in [5, 5.41) is 12.8. The predicted molar refractivity (Wildman–Crippen MR) is 69.3 cm³/mol. The van der Waals surface area contributed by atoms with Crippen molar-refractivity contribution < 1.29 is 0 Å². The van der Waals surface area contributed by atoms with Gasteiger partial charge < -0.3 is 5.32 Å². The molecule has 1 fully saturated rings. The zero-order valence-electron chi connectivity index (χ0n) is 9.67. The highest BCUT2D eigenvalue weighted by Gasteiger charge is 2.14. The maximum Gasteiger partial charge on any atom is 0.195 e. The summed E-state index contributed by atoms with van der Waals surface area (Å²) >= 11 is 1.82. The first-order chi connectivity index (χ1) is 8.43. The van der Waals surface area contributed by atoms with Crippen molar-refractivity contribution >= 4 is 17.4 Å². The van der Waals surface area contributed by atoms with E-state index in [0.717, 1.165) is 35.6 Å². The molecular formula is C12H16N4S. The third-order valence-electron chi connectivity index (χ3n) is 3.19. The van der Waals surface area contributed by atoms with E-state index < -0.39 is 0 Å². The van der Waals surface area contributed by atoms with Crippen LogP contribution in [0.4, 0.5) is 0 Å². The van der Waals surface area contributed by atoms with Crippen molar-refractivity contribution in [2.75, 3.05) is 18.8 Å². The molecule has 1 aliphatic rings. The molecule has 0 atom stereocenters. The van der Waals surface area contributed by atoms with E-state index in [-0.39, 0.29) is 0 Å². The van der Waals surface area contributed by atoms with Crippen LogP contribution < -0.4 is 5.32 Å². The smallest absolute Gasteiger partial charge is 0.195 e. The third kappa shape index (κ3) is 2.45. The van der Waals surface area contributed by atoms with Crippen LogP contribution >= 0.6 is 11.8 Å². The largest absolute Gasteiger partial charge is 0.317 e. The molecule has 0 radical (unpaired) electrons. The zero-order chi connectivity index (χ0) is 11.5. The number of piperidine rings is 1. The summed E-state index contributed by atoms with van der Waals surface area (Å²) in [5.41, 5.74) is 0.931. The minimum absolute atomic E-state index is 0.817. The van der Waals surface area contributed by atoms with Crippen LogP contribution in [-0.2, 0) is 0 Å². The molecule has 5 heteroatoms. The Kier molecular flexibility index (Phi) is 3.29. The van der Waals surface area contributed by atoms with Gasteiger partial charge >= 0.3 is 0 Å². The Morgan fingerprint density at radius 1 is 1.29 bits per heavy atom. The summed E-state index contributed by atoms with van der Waals surface area (Å²) in [6, 6.07) is 6.00. The van der Waals surface area contributed by atoms with Gasteiger partial charge in [0.15, 0.2) is 10.8 Å². The normalized spacial score (nSPS) is 17.6. The van der Waals surface area contributed by atoms with Crippen molar-refractivity contribution in [1.29, 1.82) is 0 Å². The fraction of sp³-hybridized carbons (Fsp3) is 0.500. The second-order valence-corrected chi connectivity index (χ2v) is 5.40. The summed E-state index contributed by atoms with van der Waals surface area (Å²) in [6.45, 7) is 2.32. The number of pyridine rings is 1. The molecule has 0 amide bonds. The van der Waals surface area contributed by atoms with Crippen molar-refractivity contribution in [1.82, 2.24) is 19.9 Å². The van der Waals surface area contributed by atoms with Gasteiger partial charge in [0.05, 0.1) is 0 Å². The van der Waals surface area contributed by atoms with Crippen LogP contribution in [0, 0.1) is 5.92 Å². The van der Waals surface area contributed by atoms with Gasteiger partial charge in [-0.2, -0.15) is 0 Å². The van der Waals surface area contributed by atoms with Crippen LogP contribution in [0.3, 0.4) is 0 Å². The predicted octanol–water partition coefficient (Wildman–Crippen LogP) is 1.82. The van der Waals surface area contributed by atoms with Crippen LogP contribution in [0.25, 0.3) is 5.65 Å². The van der Waals surface area contributed by atoms with Gasteiger partial charge in [0.2, 0.25) is 0 Å². The first kappa shape index (κ1) is 11.0. The quantitative estimate of drug-likeness (QED) is 0.841. The Hall–Kier alpha value is -1.07. The maximum atomic E-state index is 4.24. The van der Waals surface area contributed by atoms with E-state index in [0.29, 0.717) is 0 Å². The molecule has 0 saturated carbocycles. The second kappa shape index (κ2) is 5.06. The van der Waals surface area contributed by atoms with Crippen molar-refractivity contribution in [2.24, 2.45) is 5.92 Å². The molecule has 1 saturated heterocycles. The summed E-state index contributed by atoms with van der Waals surface area (Å²) in [6.07, 6.45) is 4.59. The highest BCUT2D eigenvalue weighted by atomic mass is 32.2.